The van der Waals surface area contributed by atoms with Crippen LogP contribution in [0, 0.1) is 11.7 Å². The van der Waals surface area contributed by atoms with Crippen molar-refractivity contribution in [1.29, 1.82) is 0 Å². The van der Waals surface area contributed by atoms with Crippen LogP contribution in [-0.2, 0) is 0 Å². The Morgan fingerprint density at radius 3 is 2.77 bits per heavy atom. The van der Waals surface area contributed by atoms with Crippen LogP contribution < -0.4 is 5.73 Å². The van der Waals surface area contributed by atoms with Crippen LogP contribution >= 0.6 is 11.6 Å². The monoisotopic (exact) mass is 199 g/mol. The van der Waals surface area contributed by atoms with Crippen LogP contribution in [0.15, 0.2) is 18.2 Å². The van der Waals surface area contributed by atoms with Gasteiger partial charge in [-0.2, -0.15) is 0 Å². The Hall–Kier alpha value is -0.600. The molecule has 0 aliphatic heterocycles. The fourth-order valence-electron chi connectivity index (χ4n) is 1.49. The molecule has 1 unspecified atom stereocenters. The Morgan fingerprint density at radius 1 is 1.46 bits per heavy atom. The molecule has 0 bridgehead atoms. The molecule has 1 saturated carbocycles. The maximum Gasteiger partial charge on any atom is 0.142 e. The number of halogens is 2. The molecule has 70 valence electrons. The number of nitrogens with two attached hydrogens (primary N) is 1. The first-order valence-electron chi connectivity index (χ1n) is 4.39. The summed E-state index contributed by atoms with van der Waals surface area (Å²) in [6.45, 7) is 0. The molecule has 1 atom stereocenters. The van der Waals surface area contributed by atoms with Crippen LogP contribution in [0.25, 0.3) is 0 Å². The van der Waals surface area contributed by atoms with Crippen LogP contribution in [0.1, 0.15) is 24.4 Å². The molecule has 0 amide bonds. The first-order chi connectivity index (χ1) is 6.20. The first kappa shape index (κ1) is 8.97. The summed E-state index contributed by atoms with van der Waals surface area (Å²) in [5, 5.41) is 0.182. The molecule has 1 aliphatic rings. The molecule has 2 rings (SSSR count). The predicted octanol–water partition coefficient (Wildman–Crippen LogP) is 2.89. The molecule has 1 fully saturated rings. The van der Waals surface area contributed by atoms with Crippen LogP contribution in [0.4, 0.5) is 4.39 Å². The summed E-state index contributed by atoms with van der Waals surface area (Å²) in [4.78, 5) is 0. The number of benzene rings is 1. The smallest absolute Gasteiger partial charge is 0.142 e. The third-order valence-electron chi connectivity index (χ3n) is 2.47. The third-order valence-corrected chi connectivity index (χ3v) is 2.87. The zero-order valence-corrected chi connectivity index (χ0v) is 7.89. The molecule has 2 N–H and O–H groups in total. The highest BCUT2D eigenvalue weighted by Gasteiger charge is 2.31. The van der Waals surface area contributed by atoms with Gasteiger partial charge in [0.15, 0.2) is 0 Å². The second-order valence-electron chi connectivity index (χ2n) is 3.51. The summed E-state index contributed by atoms with van der Waals surface area (Å²) in [5.74, 6) is 0.120. The van der Waals surface area contributed by atoms with Crippen molar-refractivity contribution >= 4 is 11.6 Å². The van der Waals surface area contributed by atoms with E-state index in [1.54, 1.807) is 12.1 Å². The maximum absolute atomic E-state index is 13.0. The van der Waals surface area contributed by atoms with Gasteiger partial charge < -0.3 is 5.73 Å². The minimum atomic E-state index is -0.379. The Balaban J connectivity index is 2.32. The molecular formula is C10H11ClFN. The zero-order chi connectivity index (χ0) is 9.42. The lowest BCUT2D eigenvalue weighted by Gasteiger charge is -2.12. The van der Waals surface area contributed by atoms with E-state index in [9.17, 15) is 4.39 Å². The van der Waals surface area contributed by atoms with E-state index in [0.29, 0.717) is 5.92 Å². The molecule has 3 heteroatoms. The molecule has 1 aromatic rings. The Kier molecular flexibility index (Phi) is 2.26. The van der Waals surface area contributed by atoms with Gasteiger partial charge in [-0.1, -0.05) is 23.7 Å². The minimum absolute atomic E-state index is 0.0943. The van der Waals surface area contributed by atoms with Crippen molar-refractivity contribution < 1.29 is 4.39 Å². The van der Waals surface area contributed by atoms with Crippen molar-refractivity contribution in [2.75, 3.05) is 0 Å². The van der Waals surface area contributed by atoms with Gasteiger partial charge in [-0.15, -0.1) is 0 Å². The molecule has 13 heavy (non-hydrogen) atoms. The van der Waals surface area contributed by atoms with Crippen LogP contribution in [-0.4, -0.2) is 0 Å². The average molecular weight is 200 g/mol. The number of hydrogen-bond acceptors (Lipinski definition) is 1. The summed E-state index contributed by atoms with van der Waals surface area (Å²) >= 11 is 5.80. The molecule has 0 aromatic heterocycles. The fourth-order valence-corrected chi connectivity index (χ4v) is 1.74. The van der Waals surface area contributed by atoms with Gasteiger partial charge in [0, 0.05) is 6.04 Å². The highest BCUT2D eigenvalue weighted by Crippen LogP contribution is 2.41. The fraction of sp³-hybridized carbons (Fsp3) is 0.400. The summed E-state index contributed by atoms with van der Waals surface area (Å²) in [5.41, 5.74) is 6.66. The van der Waals surface area contributed by atoms with E-state index in [4.69, 9.17) is 17.3 Å². The van der Waals surface area contributed by atoms with Crippen LogP contribution in [0.2, 0.25) is 5.02 Å². The minimum Gasteiger partial charge on any atom is -0.324 e. The predicted molar refractivity (Wildman–Crippen MR) is 51.1 cm³/mol. The van der Waals surface area contributed by atoms with Gasteiger partial charge in [0.2, 0.25) is 0 Å². The summed E-state index contributed by atoms with van der Waals surface area (Å²) in [7, 11) is 0. The lowest BCUT2D eigenvalue weighted by Crippen LogP contribution is -2.13. The van der Waals surface area contributed by atoms with Crippen molar-refractivity contribution in [3.8, 4) is 0 Å². The first-order valence-corrected chi connectivity index (χ1v) is 4.77. The molecule has 1 aromatic carbocycles. The molecular weight excluding hydrogens is 189 g/mol. The van der Waals surface area contributed by atoms with E-state index in [1.807, 2.05) is 0 Å². The van der Waals surface area contributed by atoms with E-state index in [-0.39, 0.29) is 16.9 Å². The molecule has 0 radical (unpaired) electrons. The molecule has 0 heterocycles. The lowest BCUT2D eigenvalue weighted by molar-refractivity contribution is 0.602. The Morgan fingerprint density at radius 2 is 2.15 bits per heavy atom. The van der Waals surface area contributed by atoms with Gasteiger partial charge in [0.25, 0.3) is 0 Å². The Labute approximate surface area is 81.7 Å². The summed E-state index contributed by atoms with van der Waals surface area (Å²) < 4.78 is 13.0. The SMILES string of the molecule is NC(c1cccc(F)c1Cl)C1CC1. The van der Waals surface area contributed by atoms with E-state index < -0.39 is 0 Å². The van der Waals surface area contributed by atoms with Crippen LogP contribution in [0.5, 0.6) is 0 Å². The van der Waals surface area contributed by atoms with Gasteiger partial charge >= 0.3 is 0 Å². The molecule has 1 aliphatic carbocycles. The highest BCUT2D eigenvalue weighted by atomic mass is 35.5. The lowest BCUT2D eigenvalue weighted by atomic mass is 10.0. The Bertz CT molecular complexity index is 323. The molecule has 0 saturated heterocycles. The van der Waals surface area contributed by atoms with E-state index in [0.717, 1.165) is 18.4 Å². The average Bonchev–Trinajstić information content (AvgIpc) is 2.91. The van der Waals surface area contributed by atoms with Gasteiger partial charge in [-0.25, -0.2) is 4.39 Å². The van der Waals surface area contributed by atoms with Crippen molar-refractivity contribution in [2.45, 2.75) is 18.9 Å². The second-order valence-corrected chi connectivity index (χ2v) is 3.88. The summed E-state index contributed by atoms with van der Waals surface area (Å²) in [6, 6.07) is 4.71. The van der Waals surface area contributed by atoms with Crippen LogP contribution in [0.3, 0.4) is 0 Å². The highest BCUT2D eigenvalue weighted by molar-refractivity contribution is 6.31. The van der Waals surface area contributed by atoms with Gasteiger partial charge in [-0.05, 0) is 30.4 Å². The van der Waals surface area contributed by atoms with Gasteiger partial charge in [-0.3, -0.25) is 0 Å². The van der Waals surface area contributed by atoms with Gasteiger partial charge in [0.1, 0.15) is 5.82 Å². The van der Waals surface area contributed by atoms with Crippen molar-refractivity contribution in [1.82, 2.24) is 0 Å². The van der Waals surface area contributed by atoms with Crippen molar-refractivity contribution in [3.63, 3.8) is 0 Å². The number of rotatable bonds is 2. The third kappa shape index (κ3) is 1.69. The van der Waals surface area contributed by atoms with Crippen molar-refractivity contribution in [3.05, 3.63) is 34.6 Å². The summed E-state index contributed by atoms with van der Waals surface area (Å²) in [6.07, 6.45) is 2.27. The molecule has 1 nitrogen and oxygen atoms in total. The van der Waals surface area contributed by atoms with E-state index >= 15 is 0 Å². The molecule has 0 spiro atoms. The van der Waals surface area contributed by atoms with Gasteiger partial charge in [0.05, 0.1) is 5.02 Å². The normalized spacial score (nSPS) is 18.7. The standard InChI is InChI=1S/C10H11ClFN/c11-9-7(2-1-3-8(9)12)10(13)6-4-5-6/h1-3,6,10H,4-5,13H2. The van der Waals surface area contributed by atoms with E-state index in [1.165, 1.54) is 6.07 Å². The number of hydrogen-bond donors (Lipinski definition) is 1. The maximum atomic E-state index is 13.0. The largest absolute Gasteiger partial charge is 0.324 e. The second kappa shape index (κ2) is 3.28. The van der Waals surface area contributed by atoms with Crippen molar-refractivity contribution in [2.24, 2.45) is 11.7 Å². The quantitative estimate of drug-likeness (QED) is 0.779. The van der Waals surface area contributed by atoms with E-state index in [2.05, 4.69) is 0 Å². The zero-order valence-electron chi connectivity index (χ0n) is 7.13. The topological polar surface area (TPSA) is 26.0 Å².